The molecule has 1 heterocycles. The Kier molecular flexibility index (Phi) is 4.25. The highest BCUT2D eigenvalue weighted by Gasteiger charge is 2.50. The molecule has 0 radical (unpaired) electrons. The summed E-state index contributed by atoms with van der Waals surface area (Å²) in [5, 5.41) is 11.4. The van der Waals surface area contributed by atoms with Crippen LogP contribution in [0.25, 0.3) is 11.3 Å². The maximum absolute atomic E-state index is 12.7. The van der Waals surface area contributed by atoms with E-state index < -0.39 is 0 Å². The third kappa shape index (κ3) is 3.27. The molecular formula is C21H23Cl2N3O. The molecule has 1 amide bonds. The van der Waals surface area contributed by atoms with Crippen LogP contribution in [-0.2, 0) is 0 Å². The van der Waals surface area contributed by atoms with Crippen molar-refractivity contribution in [3.05, 3.63) is 40.0 Å². The van der Waals surface area contributed by atoms with Gasteiger partial charge in [0.25, 0.3) is 5.91 Å². The molecule has 1 aromatic carbocycles. The van der Waals surface area contributed by atoms with Gasteiger partial charge in [0, 0.05) is 17.1 Å². The molecule has 0 aliphatic heterocycles. The summed E-state index contributed by atoms with van der Waals surface area (Å²) < 4.78 is 0. The van der Waals surface area contributed by atoms with Crippen LogP contribution < -0.4 is 5.32 Å². The summed E-state index contributed by atoms with van der Waals surface area (Å²) in [5.41, 5.74) is 2.21. The van der Waals surface area contributed by atoms with E-state index in [4.69, 9.17) is 23.2 Å². The fourth-order valence-corrected chi connectivity index (χ4v) is 6.65. The molecule has 2 N–H and O–H groups in total. The third-order valence-corrected chi connectivity index (χ3v) is 7.37. The number of amides is 1. The monoisotopic (exact) mass is 403 g/mol. The number of carbonyl (C=O) groups excluding carboxylic acids is 1. The first-order chi connectivity index (χ1) is 13.0. The molecule has 27 heavy (non-hydrogen) atoms. The number of H-pyrrole nitrogens is 1. The Morgan fingerprint density at radius 1 is 1.11 bits per heavy atom. The zero-order chi connectivity index (χ0) is 18.6. The summed E-state index contributed by atoms with van der Waals surface area (Å²) in [4.78, 5) is 12.7. The molecule has 6 rings (SSSR count). The summed E-state index contributed by atoms with van der Waals surface area (Å²) in [6, 6.07) is 7.02. The summed E-state index contributed by atoms with van der Waals surface area (Å²) in [5.74, 6) is 2.58. The Morgan fingerprint density at radius 3 is 2.41 bits per heavy atom. The summed E-state index contributed by atoms with van der Waals surface area (Å²) >= 11 is 12.2. The Hall–Kier alpha value is -1.52. The highest BCUT2D eigenvalue weighted by atomic mass is 35.5. The van der Waals surface area contributed by atoms with Gasteiger partial charge in [0.15, 0.2) is 0 Å². The lowest BCUT2D eigenvalue weighted by Crippen LogP contribution is -2.51. The molecule has 1 aromatic heterocycles. The number of benzene rings is 1. The van der Waals surface area contributed by atoms with Gasteiger partial charge in [0.2, 0.25) is 0 Å². The molecule has 2 aromatic rings. The van der Waals surface area contributed by atoms with Gasteiger partial charge in [-0.15, -0.1) is 0 Å². The van der Waals surface area contributed by atoms with Crippen LogP contribution in [0.1, 0.15) is 49.0 Å². The molecule has 4 fully saturated rings. The summed E-state index contributed by atoms with van der Waals surface area (Å²) in [7, 11) is 0. The van der Waals surface area contributed by atoms with Crippen LogP contribution in [0.5, 0.6) is 0 Å². The van der Waals surface area contributed by atoms with Crippen LogP contribution in [0.2, 0.25) is 10.0 Å². The van der Waals surface area contributed by atoms with Crippen molar-refractivity contribution in [3.8, 4) is 11.3 Å². The van der Waals surface area contributed by atoms with Crippen LogP contribution in [0.15, 0.2) is 24.3 Å². The van der Waals surface area contributed by atoms with E-state index in [1.54, 1.807) is 18.2 Å². The van der Waals surface area contributed by atoms with Crippen LogP contribution in [-0.4, -0.2) is 22.6 Å². The second kappa shape index (κ2) is 6.52. The van der Waals surface area contributed by atoms with Gasteiger partial charge in [-0.3, -0.25) is 9.89 Å². The molecule has 0 saturated heterocycles. The van der Waals surface area contributed by atoms with E-state index in [1.807, 2.05) is 6.07 Å². The molecule has 4 saturated carbocycles. The Balaban J connectivity index is 1.28. The molecule has 142 valence electrons. The number of rotatable bonds is 4. The highest BCUT2D eigenvalue weighted by Crippen LogP contribution is 2.59. The second-order valence-corrected chi connectivity index (χ2v) is 9.73. The molecule has 4 aliphatic rings. The minimum Gasteiger partial charge on any atom is -0.350 e. The maximum atomic E-state index is 12.7. The van der Waals surface area contributed by atoms with E-state index >= 15 is 0 Å². The van der Waals surface area contributed by atoms with E-state index in [0.29, 0.717) is 26.8 Å². The molecule has 4 bridgehead atoms. The first-order valence-electron chi connectivity index (χ1n) is 9.79. The van der Waals surface area contributed by atoms with Crippen molar-refractivity contribution in [3.63, 3.8) is 0 Å². The number of aromatic nitrogens is 2. The normalized spacial score (nSPS) is 31.3. The lowest BCUT2D eigenvalue weighted by Gasteiger charge is -2.56. The average Bonchev–Trinajstić information content (AvgIpc) is 3.08. The third-order valence-electron chi connectivity index (χ3n) is 6.82. The van der Waals surface area contributed by atoms with Crippen molar-refractivity contribution in [2.45, 2.75) is 38.5 Å². The van der Waals surface area contributed by atoms with Crippen molar-refractivity contribution in [1.82, 2.24) is 15.5 Å². The molecule has 0 atom stereocenters. The van der Waals surface area contributed by atoms with Crippen molar-refractivity contribution < 1.29 is 4.79 Å². The lowest BCUT2D eigenvalue weighted by molar-refractivity contribution is -0.0503. The SMILES string of the molecule is O=C(NCC12CC3CC(CC(C3)C1)C2)c1cc(-c2ccc(Cl)cc2Cl)n[nH]1. The number of halogens is 2. The minimum atomic E-state index is -0.0884. The van der Waals surface area contributed by atoms with Gasteiger partial charge in [-0.05, 0) is 86.0 Å². The predicted molar refractivity (Wildman–Crippen MR) is 107 cm³/mol. The fraction of sp³-hybridized carbons (Fsp3) is 0.524. The zero-order valence-electron chi connectivity index (χ0n) is 15.1. The van der Waals surface area contributed by atoms with Crippen LogP contribution in [0.3, 0.4) is 0 Å². The number of aromatic amines is 1. The van der Waals surface area contributed by atoms with Gasteiger partial charge in [-0.25, -0.2) is 0 Å². The summed E-state index contributed by atoms with van der Waals surface area (Å²) in [6.07, 6.45) is 8.10. The maximum Gasteiger partial charge on any atom is 0.269 e. The number of nitrogens with zero attached hydrogens (tertiary/aromatic N) is 1. The van der Waals surface area contributed by atoms with Crippen molar-refractivity contribution in [2.24, 2.45) is 23.2 Å². The van der Waals surface area contributed by atoms with Crippen LogP contribution in [0, 0.1) is 23.2 Å². The first-order valence-corrected chi connectivity index (χ1v) is 10.5. The molecule has 0 spiro atoms. The highest BCUT2D eigenvalue weighted by molar-refractivity contribution is 6.36. The van der Waals surface area contributed by atoms with Gasteiger partial charge in [-0.1, -0.05) is 23.2 Å². The van der Waals surface area contributed by atoms with E-state index in [9.17, 15) is 4.79 Å². The van der Waals surface area contributed by atoms with E-state index in [-0.39, 0.29) is 5.91 Å². The largest absolute Gasteiger partial charge is 0.350 e. The molecule has 4 nitrogen and oxygen atoms in total. The predicted octanol–water partition coefficient (Wildman–Crippen LogP) is 5.33. The molecule has 6 heteroatoms. The van der Waals surface area contributed by atoms with Gasteiger partial charge in [0.1, 0.15) is 5.69 Å². The quantitative estimate of drug-likeness (QED) is 0.724. The molecular weight excluding hydrogens is 381 g/mol. The van der Waals surface area contributed by atoms with Gasteiger partial charge < -0.3 is 5.32 Å². The van der Waals surface area contributed by atoms with E-state index in [2.05, 4.69) is 15.5 Å². The smallest absolute Gasteiger partial charge is 0.269 e. The van der Waals surface area contributed by atoms with Crippen LogP contribution >= 0.6 is 23.2 Å². The Bertz CT molecular complexity index is 856. The van der Waals surface area contributed by atoms with E-state index in [1.165, 1.54) is 38.5 Å². The number of carbonyl (C=O) groups is 1. The minimum absolute atomic E-state index is 0.0884. The number of hydrogen-bond acceptors (Lipinski definition) is 2. The van der Waals surface area contributed by atoms with Gasteiger partial charge in [0.05, 0.1) is 10.7 Å². The first kappa shape index (κ1) is 17.6. The van der Waals surface area contributed by atoms with E-state index in [0.717, 1.165) is 29.9 Å². The Labute approximate surface area is 169 Å². The molecule has 0 unspecified atom stereocenters. The topological polar surface area (TPSA) is 57.8 Å². The standard InChI is InChI=1S/C21H23Cl2N3O/c22-15-1-2-16(17(23)6-15)18-7-19(26-25-18)20(27)24-11-21-8-12-3-13(9-21)5-14(4-12)10-21/h1-2,6-7,12-14H,3-5,8-11H2,(H,24,27)(H,25,26). The van der Waals surface area contributed by atoms with Crippen LogP contribution in [0.4, 0.5) is 0 Å². The zero-order valence-corrected chi connectivity index (χ0v) is 16.6. The Morgan fingerprint density at radius 2 is 1.78 bits per heavy atom. The molecule has 4 aliphatic carbocycles. The number of hydrogen-bond donors (Lipinski definition) is 2. The number of nitrogens with one attached hydrogen (secondary N) is 2. The van der Waals surface area contributed by atoms with Crippen molar-refractivity contribution in [1.29, 1.82) is 0 Å². The van der Waals surface area contributed by atoms with Gasteiger partial charge >= 0.3 is 0 Å². The van der Waals surface area contributed by atoms with Gasteiger partial charge in [-0.2, -0.15) is 5.10 Å². The lowest BCUT2D eigenvalue weighted by atomic mass is 9.49. The van der Waals surface area contributed by atoms with Crippen molar-refractivity contribution in [2.75, 3.05) is 6.54 Å². The average molecular weight is 404 g/mol. The summed E-state index contributed by atoms with van der Waals surface area (Å²) in [6.45, 7) is 0.783. The van der Waals surface area contributed by atoms with Crippen molar-refractivity contribution >= 4 is 29.1 Å². The fourth-order valence-electron chi connectivity index (χ4n) is 6.14. The second-order valence-electron chi connectivity index (χ2n) is 8.89.